The molecule has 0 aliphatic carbocycles. The van der Waals surface area contributed by atoms with E-state index in [1.807, 2.05) is 38.1 Å². The molecule has 0 heterocycles. The summed E-state index contributed by atoms with van der Waals surface area (Å²) in [5.74, 6) is 7.24. The Balaban J connectivity index is 2.54. The SMILES string of the molecule is CCCCCCC#Cc1ccccc1OC(C)OCC. The number of hydrogen-bond donors (Lipinski definition) is 0. The minimum absolute atomic E-state index is 0.243. The second-order valence-electron chi connectivity index (χ2n) is 4.75. The van der Waals surface area contributed by atoms with Crippen molar-refractivity contribution in [2.24, 2.45) is 0 Å². The zero-order chi connectivity index (χ0) is 14.6. The third-order valence-electron chi connectivity index (χ3n) is 2.96. The Bertz CT molecular complexity index is 429. The average molecular weight is 274 g/mol. The molecule has 20 heavy (non-hydrogen) atoms. The molecule has 0 bridgehead atoms. The number of hydrogen-bond acceptors (Lipinski definition) is 2. The summed E-state index contributed by atoms with van der Waals surface area (Å²) in [6.07, 6.45) is 5.72. The van der Waals surface area contributed by atoms with Crippen LogP contribution in [0.3, 0.4) is 0 Å². The van der Waals surface area contributed by atoms with E-state index in [0.29, 0.717) is 6.61 Å². The lowest BCUT2D eigenvalue weighted by molar-refractivity contribution is -0.0614. The third kappa shape index (κ3) is 6.63. The van der Waals surface area contributed by atoms with E-state index in [4.69, 9.17) is 9.47 Å². The van der Waals surface area contributed by atoms with Gasteiger partial charge in [-0.25, -0.2) is 0 Å². The van der Waals surface area contributed by atoms with E-state index in [1.165, 1.54) is 25.7 Å². The molecule has 0 radical (unpaired) electrons. The highest BCUT2D eigenvalue weighted by molar-refractivity contribution is 5.45. The first-order valence-electron chi connectivity index (χ1n) is 7.64. The summed E-state index contributed by atoms with van der Waals surface area (Å²) < 4.78 is 11.2. The van der Waals surface area contributed by atoms with E-state index in [9.17, 15) is 0 Å². The van der Waals surface area contributed by atoms with Gasteiger partial charge in [-0.15, -0.1) is 0 Å². The lowest BCUT2D eigenvalue weighted by atomic mass is 10.1. The monoisotopic (exact) mass is 274 g/mol. The molecule has 1 aromatic carbocycles. The second-order valence-corrected chi connectivity index (χ2v) is 4.75. The fourth-order valence-electron chi connectivity index (χ4n) is 1.92. The predicted octanol–water partition coefficient (Wildman–Crippen LogP) is 4.77. The molecule has 2 nitrogen and oxygen atoms in total. The fraction of sp³-hybridized carbons (Fsp3) is 0.556. The molecule has 1 atom stereocenters. The van der Waals surface area contributed by atoms with Gasteiger partial charge in [0.25, 0.3) is 0 Å². The fourth-order valence-corrected chi connectivity index (χ4v) is 1.92. The van der Waals surface area contributed by atoms with Gasteiger partial charge < -0.3 is 9.47 Å². The quantitative estimate of drug-likeness (QED) is 0.386. The molecular formula is C18H26O2. The molecule has 0 N–H and O–H groups in total. The van der Waals surface area contributed by atoms with Crippen LogP contribution in [-0.2, 0) is 4.74 Å². The van der Waals surface area contributed by atoms with E-state index in [2.05, 4.69) is 18.8 Å². The Hall–Kier alpha value is -1.46. The van der Waals surface area contributed by atoms with Crippen LogP contribution in [0.25, 0.3) is 0 Å². The molecule has 1 unspecified atom stereocenters. The van der Waals surface area contributed by atoms with E-state index in [-0.39, 0.29) is 6.29 Å². The van der Waals surface area contributed by atoms with Crippen molar-refractivity contribution < 1.29 is 9.47 Å². The van der Waals surface area contributed by atoms with E-state index in [0.717, 1.165) is 17.7 Å². The molecule has 0 spiro atoms. The summed E-state index contributed by atoms with van der Waals surface area (Å²) in [7, 11) is 0. The maximum atomic E-state index is 5.76. The maximum absolute atomic E-state index is 5.76. The summed E-state index contributed by atoms with van der Waals surface area (Å²) in [6.45, 7) is 6.73. The Morgan fingerprint density at radius 3 is 2.65 bits per heavy atom. The standard InChI is InChI=1S/C18H26O2/c1-4-6-7-8-9-10-13-17-14-11-12-15-18(17)20-16(3)19-5-2/h11-12,14-16H,4-9H2,1-3H3. The highest BCUT2D eigenvalue weighted by atomic mass is 16.7. The van der Waals surface area contributed by atoms with Gasteiger partial charge in [-0.2, -0.15) is 0 Å². The normalized spacial score (nSPS) is 11.6. The van der Waals surface area contributed by atoms with E-state index >= 15 is 0 Å². The van der Waals surface area contributed by atoms with Crippen LogP contribution in [0.1, 0.15) is 58.4 Å². The average Bonchev–Trinajstić information content (AvgIpc) is 2.44. The van der Waals surface area contributed by atoms with E-state index < -0.39 is 0 Å². The Labute approximate surface area is 123 Å². The van der Waals surface area contributed by atoms with Crippen molar-refractivity contribution >= 4 is 0 Å². The minimum atomic E-state index is -0.243. The molecule has 2 heteroatoms. The summed E-state index contributed by atoms with van der Waals surface area (Å²) in [5.41, 5.74) is 0.939. The van der Waals surface area contributed by atoms with Gasteiger partial charge in [0.05, 0.1) is 5.56 Å². The molecule has 0 saturated carbocycles. The van der Waals surface area contributed by atoms with Crippen LogP contribution < -0.4 is 4.74 Å². The van der Waals surface area contributed by atoms with Crippen molar-refractivity contribution in [3.63, 3.8) is 0 Å². The van der Waals surface area contributed by atoms with Crippen LogP contribution in [0.2, 0.25) is 0 Å². The molecular weight excluding hydrogens is 248 g/mol. The van der Waals surface area contributed by atoms with Gasteiger partial charge in [0.1, 0.15) is 5.75 Å². The Morgan fingerprint density at radius 1 is 1.10 bits per heavy atom. The number of para-hydroxylation sites is 1. The topological polar surface area (TPSA) is 18.5 Å². The number of rotatable bonds is 8. The van der Waals surface area contributed by atoms with Gasteiger partial charge in [0.15, 0.2) is 6.29 Å². The Kier molecular flexibility index (Phi) is 8.58. The van der Waals surface area contributed by atoms with Crippen molar-refractivity contribution in [2.45, 2.75) is 59.2 Å². The molecule has 0 fully saturated rings. The maximum Gasteiger partial charge on any atom is 0.197 e. The van der Waals surface area contributed by atoms with Crippen LogP contribution in [0.15, 0.2) is 24.3 Å². The molecule has 0 aliphatic heterocycles. The molecule has 0 amide bonds. The van der Waals surface area contributed by atoms with Crippen molar-refractivity contribution in [1.82, 2.24) is 0 Å². The molecule has 0 aliphatic rings. The van der Waals surface area contributed by atoms with Gasteiger partial charge in [0.2, 0.25) is 0 Å². The lowest BCUT2D eigenvalue weighted by Gasteiger charge is -2.15. The molecule has 0 aromatic heterocycles. The van der Waals surface area contributed by atoms with Crippen LogP contribution in [0, 0.1) is 11.8 Å². The van der Waals surface area contributed by atoms with Gasteiger partial charge in [-0.3, -0.25) is 0 Å². The van der Waals surface area contributed by atoms with E-state index in [1.54, 1.807) is 0 Å². The predicted molar refractivity (Wildman–Crippen MR) is 83.8 cm³/mol. The van der Waals surface area contributed by atoms with Crippen molar-refractivity contribution in [2.75, 3.05) is 6.61 Å². The van der Waals surface area contributed by atoms with Gasteiger partial charge in [-0.1, -0.05) is 50.2 Å². The number of benzene rings is 1. The zero-order valence-corrected chi connectivity index (χ0v) is 12.9. The second kappa shape index (κ2) is 10.3. The number of unbranched alkanes of at least 4 members (excludes halogenated alkanes) is 4. The molecule has 110 valence electrons. The van der Waals surface area contributed by atoms with Crippen molar-refractivity contribution in [3.8, 4) is 17.6 Å². The summed E-state index contributed by atoms with van der Waals surface area (Å²) in [5, 5.41) is 0. The van der Waals surface area contributed by atoms with Gasteiger partial charge >= 0.3 is 0 Å². The zero-order valence-electron chi connectivity index (χ0n) is 12.9. The van der Waals surface area contributed by atoms with Crippen LogP contribution in [0.5, 0.6) is 5.75 Å². The van der Waals surface area contributed by atoms with Crippen molar-refractivity contribution in [3.05, 3.63) is 29.8 Å². The third-order valence-corrected chi connectivity index (χ3v) is 2.96. The summed E-state index contributed by atoms with van der Waals surface area (Å²) in [4.78, 5) is 0. The first-order valence-corrected chi connectivity index (χ1v) is 7.64. The van der Waals surface area contributed by atoms with Crippen LogP contribution in [0.4, 0.5) is 0 Å². The summed E-state index contributed by atoms with van der Waals surface area (Å²) >= 11 is 0. The molecule has 1 rings (SSSR count). The molecule has 0 saturated heterocycles. The van der Waals surface area contributed by atoms with Crippen LogP contribution in [-0.4, -0.2) is 12.9 Å². The Morgan fingerprint density at radius 2 is 1.90 bits per heavy atom. The number of ether oxygens (including phenoxy) is 2. The van der Waals surface area contributed by atoms with Crippen molar-refractivity contribution in [1.29, 1.82) is 0 Å². The van der Waals surface area contributed by atoms with Gasteiger partial charge in [-0.05, 0) is 32.4 Å². The first kappa shape index (κ1) is 16.6. The van der Waals surface area contributed by atoms with Gasteiger partial charge in [0, 0.05) is 13.0 Å². The summed E-state index contributed by atoms with van der Waals surface area (Å²) in [6, 6.07) is 7.88. The smallest absolute Gasteiger partial charge is 0.197 e. The minimum Gasteiger partial charge on any atom is -0.464 e. The lowest BCUT2D eigenvalue weighted by Crippen LogP contribution is -2.16. The first-order chi connectivity index (χ1) is 9.77. The largest absolute Gasteiger partial charge is 0.464 e. The highest BCUT2D eigenvalue weighted by Gasteiger charge is 2.05. The van der Waals surface area contributed by atoms with Crippen LogP contribution >= 0.6 is 0 Å². The molecule has 1 aromatic rings. The highest BCUT2D eigenvalue weighted by Crippen LogP contribution is 2.18.